The van der Waals surface area contributed by atoms with Gasteiger partial charge >= 0.3 is 6.85 Å². The number of benzene rings is 4. The van der Waals surface area contributed by atoms with E-state index in [4.69, 9.17) is 0 Å². The molecule has 0 fully saturated rings. The van der Waals surface area contributed by atoms with Gasteiger partial charge in [0.2, 0.25) is 0 Å². The molecule has 0 radical (unpaired) electrons. The molecule has 38 heavy (non-hydrogen) atoms. The Hall–Kier alpha value is -4.77. The van der Waals surface area contributed by atoms with Crippen molar-refractivity contribution >= 4 is 34.8 Å². The highest BCUT2D eigenvalue weighted by Gasteiger charge is 2.42. The molecule has 0 bridgehead atoms. The zero-order valence-corrected chi connectivity index (χ0v) is 21.1. The van der Waals surface area contributed by atoms with Crippen molar-refractivity contribution < 1.29 is 0 Å². The van der Waals surface area contributed by atoms with Crippen molar-refractivity contribution in [2.45, 2.75) is 0 Å². The summed E-state index contributed by atoms with van der Waals surface area (Å²) in [5.74, 6) is 0. The molecule has 5 aromatic rings. The topological polar surface area (TPSA) is 22.6 Å². The van der Waals surface area contributed by atoms with Gasteiger partial charge in [0.25, 0.3) is 0 Å². The van der Waals surface area contributed by atoms with Crippen molar-refractivity contribution in [1.29, 1.82) is 0 Å². The molecule has 0 saturated carbocycles. The lowest BCUT2D eigenvalue weighted by molar-refractivity contribution is 0.496. The molecule has 3 aliphatic heterocycles. The van der Waals surface area contributed by atoms with Crippen LogP contribution in [0.3, 0.4) is 0 Å². The number of rotatable bonds is 2. The normalized spacial score (nSPS) is 14.6. The molecule has 0 unspecified atom stereocenters. The van der Waals surface area contributed by atoms with Crippen LogP contribution in [0.2, 0.25) is 0 Å². The Morgan fingerprint density at radius 1 is 0.658 bits per heavy atom. The van der Waals surface area contributed by atoms with E-state index in [0.29, 0.717) is 0 Å². The van der Waals surface area contributed by atoms with Gasteiger partial charge in [-0.05, 0) is 52.4 Å². The quantitative estimate of drug-likeness (QED) is 0.292. The SMILES string of the molecule is CN1C=CN(c2ccc3c(c2)N2B(c4ccccc4-c4ccc(-c5ccccn5)cc42)c2ccccc2-3)C1. The minimum atomic E-state index is 0.0911. The van der Waals surface area contributed by atoms with Gasteiger partial charge in [-0.25, -0.2) is 0 Å². The molecule has 3 aliphatic rings. The van der Waals surface area contributed by atoms with Crippen molar-refractivity contribution in [3.8, 4) is 33.5 Å². The number of hydrogen-bond acceptors (Lipinski definition) is 4. The average molecular weight is 488 g/mol. The number of fused-ring (bicyclic) bond motifs is 11. The Kier molecular flexibility index (Phi) is 4.56. The molecule has 8 rings (SSSR count). The second kappa shape index (κ2) is 8.12. The van der Waals surface area contributed by atoms with Gasteiger partial charge in [0.15, 0.2) is 0 Å². The maximum absolute atomic E-state index is 4.66. The summed E-state index contributed by atoms with van der Waals surface area (Å²) >= 11 is 0. The average Bonchev–Trinajstić information content (AvgIpc) is 3.43. The Balaban J connectivity index is 1.41. The van der Waals surface area contributed by atoms with Gasteiger partial charge in [-0.2, -0.15) is 0 Å². The van der Waals surface area contributed by atoms with Gasteiger partial charge in [0.1, 0.15) is 0 Å². The molecule has 4 nitrogen and oxygen atoms in total. The van der Waals surface area contributed by atoms with Crippen molar-refractivity contribution in [3.63, 3.8) is 0 Å². The molecule has 0 aliphatic carbocycles. The zero-order chi connectivity index (χ0) is 25.2. The van der Waals surface area contributed by atoms with Crippen LogP contribution < -0.4 is 20.6 Å². The third-order valence-corrected chi connectivity index (χ3v) is 8.02. The first kappa shape index (κ1) is 21.3. The van der Waals surface area contributed by atoms with Gasteiger partial charge in [-0.3, -0.25) is 4.98 Å². The van der Waals surface area contributed by atoms with E-state index in [1.165, 1.54) is 50.2 Å². The molecule has 0 saturated heterocycles. The van der Waals surface area contributed by atoms with Crippen LogP contribution in [0, 0.1) is 0 Å². The standard InChI is InChI=1S/C33H25BN4/c1-36-18-19-37(22-36)24-14-16-28-26-9-3-5-11-30(26)34-29-10-4-2-8-25(29)27-15-13-23(31-12-6-7-17-35-31)20-32(27)38(34)33(28)21-24/h2-21H,22H2,1H3. The lowest BCUT2D eigenvalue weighted by Crippen LogP contribution is -2.59. The van der Waals surface area contributed by atoms with E-state index in [2.05, 4.69) is 136 Å². The van der Waals surface area contributed by atoms with Crippen LogP contribution in [0.15, 0.2) is 122 Å². The molecule has 4 aromatic carbocycles. The summed E-state index contributed by atoms with van der Waals surface area (Å²) in [5, 5.41) is 0. The zero-order valence-electron chi connectivity index (χ0n) is 21.1. The summed E-state index contributed by atoms with van der Waals surface area (Å²) in [6.07, 6.45) is 6.16. The highest BCUT2D eigenvalue weighted by molar-refractivity contribution is 6.92. The lowest BCUT2D eigenvalue weighted by atomic mass is 9.43. The maximum atomic E-state index is 4.66. The van der Waals surface area contributed by atoms with Gasteiger partial charge in [-0.15, -0.1) is 0 Å². The van der Waals surface area contributed by atoms with E-state index in [-0.39, 0.29) is 6.85 Å². The summed E-state index contributed by atoms with van der Waals surface area (Å²) in [4.78, 5) is 11.7. The van der Waals surface area contributed by atoms with Gasteiger partial charge < -0.3 is 14.6 Å². The Morgan fingerprint density at radius 2 is 1.34 bits per heavy atom. The van der Waals surface area contributed by atoms with Gasteiger partial charge in [0, 0.05) is 59.4 Å². The third-order valence-electron chi connectivity index (χ3n) is 8.02. The molecule has 0 amide bonds. The van der Waals surface area contributed by atoms with Gasteiger partial charge in [0.05, 0.1) is 12.4 Å². The lowest BCUT2D eigenvalue weighted by Gasteiger charge is -2.43. The fourth-order valence-electron chi connectivity index (χ4n) is 6.29. The summed E-state index contributed by atoms with van der Waals surface area (Å²) in [5.41, 5.74) is 13.6. The Labute approximate surface area is 223 Å². The minimum Gasteiger partial charge on any atom is -0.376 e. The first-order valence-corrected chi connectivity index (χ1v) is 13.1. The summed E-state index contributed by atoms with van der Waals surface area (Å²) in [6.45, 7) is 0.940. The largest absolute Gasteiger partial charge is 0.376 e. The summed E-state index contributed by atoms with van der Waals surface area (Å²) in [6, 6.07) is 37.6. The molecule has 0 N–H and O–H groups in total. The number of nitrogens with zero attached hydrogens (tertiary/aromatic N) is 4. The van der Waals surface area contributed by atoms with Crippen molar-refractivity contribution in [2.75, 3.05) is 23.4 Å². The molecule has 5 heteroatoms. The predicted octanol–water partition coefficient (Wildman–Crippen LogP) is 5.83. The monoisotopic (exact) mass is 488 g/mol. The first-order valence-electron chi connectivity index (χ1n) is 13.1. The van der Waals surface area contributed by atoms with E-state index >= 15 is 0 Å². The summed E-state index contributed by atoms with van der Waals surface area (Å²) in [7, 11) is 2.11. The van der Waals surface area contributed by atoms with Crippen LogP contribution in [-0.4, -0.2) is 30.4 Å². The number of hydrogen-bond donors (Lipinski definition) is 0. The van der Waals surface area contributed by atoms with E-state index in [1.807, 2.05) is 12.3 Å². The number of aromatic nitrogens is 1. The predicted molar refractivity (Wildman–Crippen MR) is 158 cm³/mol. The van der Waals surface area contributed by atoms with E-state index in [9.17, 15) is 0 Å². The molecule has 4 heterocycles. The fourth-order valence-corrected chi connectivity index (χ4v) is 6.29. The van der Waals surface area contributed by atoms with E-state index < -0.39 is 0 Å². The van der Waals surface area contributed by atoms with E-state index in [0.717, 1.165) is 17.9 Å². The second-order valence-electron chi connectivity index (χ2n) is 10.3. The molecular weight excluding hydrogens is 463 g/mol. The van der Waals surface area contributed by atoms with E-state index in [1.54, 1.807) is 0 Å². The minimum absolute atomic E-state index is 0.0911. The highest BCUT2D eigenvalue weighted by Crippen LogP contribution is 2.47. The smallest absolute Gasteiger partial charge is 0.329 e. The van der Waals surface area contributed by atoms with Crippen LogP contribution in [0.1, 0.15) is 0 Å². The van der Waals surface area contributed by atoms with Crippen molar-refractivity contribution in [2.24, 2.45) is 0 Å². The third kappa shape index (κ3) is 3.08. The van der Waals surface area contributed by atoms with Crippen molar-refractivity contribution in [3.05, 3.63) is 122 Å². The molecule has 180 valence electrons. The molecular formula is C33H25BN4. The van der Waals surface area contributed by atoms with Crippen molar-refractivity contribution in [1.82, 2.24) is 9.88 Å². The van der Waals surface area contributed by atoms with Crippen LogP contribution in [0.5, 0.6) is 0 Å². The molecule has 0 spiro atoms. The Bertz CT molecular complexity index is 1750. The highest BCUT2D eigenvalue weighted by atomic mass is 15.3. The van der Waals surface area contributed by atoms with Crippen LogP contribution in [0.4, 0.5) is 17.1 Å². The van der Waals surface area contributed by atoms with Crippen LogP contribution in [0.25, 0.3) is 33.5 Å². The van der Waals surface area contributed by atoms with Gasteiger partial charge in [-0.1, -0.05) is 72.8 Å². The summed E-state index contributed by atoms with van der Waals surface area (Å²) < 4.78 is 0. The number of pyridine rings is 1. The Morgan fingerprint density at radius 3 is 2.03 bits per heavy atom. The number of anilines is 3. The first-order chi connectivity index (χ1) is 18.8. The fraction of sp³-hybridized carbons (Fsp3) is 0.0606. The second-order valence-corrected chi connectivity index (χ2v) is 10.3. The molecule has 0 atom stereocenters. The molecule has 1 aromatic heterocycles. The van der Waals surface area contributed by atoms with Crippen LogP contribution in [-0.2, 0) is 0 Å². The maximum Gasteiger partial charge on any atom is 0.329 e. The van der Waals surface area contributed by atoms with Crippen LogP contribution >= 0.6 is 0 Å².